The summed E-state index contributed by atoms with van der Waals surface area (Å²) >= 11 is 0. The number of sulfonamides is 2. The number of amides is 4. The number of carbonyl (C=O) groups excluding carboxylic acids is 4. The predicted molar refractivity (Wildman–Crippen MR) is 182 cm³/mol. The number of fused-ring (bicyclic) bond motifs is 1. The van der Waals surface area contributed by atoms with E-state index in [1.54, 1.807) is 47.6 Å². The molecule has 4 amide bonds. The molecule has 3 aliphatic rings. The SMILES string of the molecule is C=CCCCCS(=O)(=O)NC(=O)[C@@]1(NC(=O)OC(C)(C)C)CC1C=C.CC(C)(C)OC(=O)N[C@]12CC1/C=C\CCCCS(=O)(=O)NC2=O. The average molecular weight is 717 g/mol. The van der Waals surface area contributed by atoms with Crippen molar-refractivity contribution in [2.75, 3.05) is 11.5 Å². The number of hydrogen-bond acceptors (Lipinski definition) is 10. The topological polar surface area (TPSA) is 203 Å². The third-order valence-electron chi connectivity index (χ3n) is 7.54. The second kappa shape index (κ2) is 15.9. The van der Waals surface area contributed by atoms with E-state index in [0.29, 0.717) is 32.1 Å². The molecular weight excluding hydrogens is 665 g/mol. The van der Waals surface area contributed by atoms with E-state index in [0.717, 1.165) is 12.8 Å². The molecule has 2 aliphatic carbocycles. The summed E-state index contributed by atoms with van der Waals surface area (Å²) in [7, 11) is -7.45. The highest BCUT2D eigenvalue weighted by Gasteiger charge is 2.62. The first-order valence-electron chi connectivity index (χ1n) is 16.0. The molecule has 4 atom stereocenters. The van der Waals surface area contributed by atoms with Crippen LogP contribution in [0.1, 0.15) is 92.9 Å². The fraction of sp³-hybridized carbons (Fsp3) is 0.688. The minimum Gasteiger partial charge on any atom is -0.444 e. The summed E-state index contributed by atoms with van der Waals surface area (Å²) in [5.74, 6) is -2.26. The van der Waals surface area contributed by atoms with Crippen LogP contribution in [0.15, 0.2) is 37.5 Å². The van der Waals surface area contributed by atoms with Gasteiger partial charge in [0.25, 0.3) is 11.8 Å². The summed E-state index contributed by atoms with van der Waals surface area (Å²) in [5.41, 5.74) is -3.98. The molecule has 0 aromatic rings. The zero-order valence-electron chi connectivity index (χ0n) is 28.8. The van der Waals surface area contributed by atoms with Gasteiger partial charge in [-0.2, -0.15) is 0 Å². The maximum Gasteiger partial charge on any atom is 0.408 e. The number of allylic oxidation sites excluding steroid dienone is 2. The molecule has 1 aliphatic heterocycles. The standard InChI is InChI=1S/C17H28N2O5S.C15H24N2O5S/c1-6-8-9-10-11-25(22,23)19-14(20)17(12-13(17)7-2)18-15(21)24-16(3,4)5;1-14(2,3)22-13(19)16-15-10-11(15)8-6-4-5-7-9-23(20,21)17-12(15)18/h6-7,13H,1-2,8-12H2,3-5H3,(H,18,21)(H,19,20);6,8,11H,4-5,7,9-10H2,1-3H3,(H,16,19)(H,17,18)/b;8-6-/t13?,17-;11?,15-/m11/s1. The lowest BCUT2D eigenvalue weighted by Gasteiger charge is -2.23. The summed E-state index contributed by atoms with van der Waals surface area (Å²) in [6.07, 6.45) is 10.00. The van der Waals surface area contributed by atoms with E-state index in [2.05, 4.69) is 33.2 Å². The number of ether oxygens (including phenoxy) is 2. The molecule has 1 heterocycles. The third-order valence-corrected chi connectivity index (χ3v) is 10.2. The van der Waals surface area contributed by atoms with Crippen molar-refractivity contribution < 1.29 is 45.5 Å². The molecule has 0 bridgehead atoms. The third kappa shape index (κ3) is 12.9. The highest BCUT2D eigenvalue weighted by Crippen LogP contribution is 2.46. The van der Waals surface area contributed by atoms with Gasteiger partial charge >= 0.3 is 12.2 Å². The summed E-state index contributed by atoms with van der Waals surface area (Å²) in [6, 6.07) is 0. The van der Waals surface area contributed by atoms with Gasteiger partial charge in [-0.15, -0.1) is 13.2 Å². The molecule has 0 radical (unpaired) electrons. The molecule has 2 fully saturated rings. The zero-order valence-corrected chi connectivity index (χ0v) is 30.5. The maximum absolute atomic E-state index is 12.5. The van der Waals surface area contributed by atoms with Gasteiger partial charge in [-0.3, -0.25) is 19.0 Å². The maximum atomic E-state index is 12.5. The van der Waals surface area contributed by atoms with Crippen LogP contribution in [0.5, 0.6) is 0 Å². The van der Waals surface area contributed by atoms with Crippen LogP contribution in [0, 0.1) is 11.8 Å². The van der Waals surface area contributed by atoms with E-state index in [1.807, 2.05) is 12.2 Å². The Hall–Kier alpha value is -3.40. The lowest BCUT2D eigenvalue weighted by atomic mass is 10.1. The summed E-state index contributed by atoms with van der Waals surface area (Å²) in [4.78, 5) is 48.9. The number of unbranched alkanes of at least 4 members (excludes halogenated alkanes) is 2. The molecule has 0 aromatic heterocycles. The van der Waals surface area contributed by atoms with Crippen LogP contribution in [-0.2, 0) is 39.1 Å². The summed E-state index contributed by atoms with van der Waals surface area (Å²) in [5, 5.41) is 5.06. The number of carbonyl (C=O) groups is 4. The van der Waals surface area contributed by atoms with Crippen molar-refractivity contribution in [3.63, 3.8) is 0 Å². The minimum absolute atomic E-state index is 0.0975. The summed E-state index contributed by atoms with van der Waals surface area (Å²) < 4.78 is 62.5. The molecule has 3 rings (SSSR count). The average Bonchev–Trinajstić information content (AvgIpc) is 3.81. The molecule has 48 heavy (non-hydrogen) atoms. The Morgan fingerprint density at radius 2 is 1.60 bits per heavy atom. The first kappa shape index (κ1) is 40.8. The van der Waals surface area contributed by atoms with Gasteiger partial charge in [-0.1, -0.05) is 24.3 Å². The van der Waals surface area contributed by atoms with Crippen molar-refractivity contribution >= 4 is 44.0 Å². The number of hydrogen-bond donors (Lipinski definition) is 4. The van der Waals surface area contributed by atoms with E-state index >= 15 is 0 Å². The Kier molecular flexibility index (Phi) is 13.5. The smallest absolute Gasteiger partial charge is 0.408 e. The molecule has 0 aromatic carbocycles. The van der Waals surface area contributed by atoms with Crippen molar-refractivity contribution in [2.24, 2.45) is 11.8 Å². The van der Waals surface area contributed by atoms with Crippen LogP contribution in [0.4, 0.5) is 9.59 Å². The van der Waals surface area contributed by atoms with Gasteiger partial charge in [0.15, 0.2) is 0 Å². The van der Waals surface area contributed by atoms with Crippen LogP contribution in [0.3, 0.4) is 0 Å². The highest BCUT2D eigenvalue weighted by atomic mass is 32.2. The van der Waals surface area contributed by atoms with Crippen molar-refractivity contribution in [1.82, 2.24) is 20.1 Å². The van der Waals surface area contributed by atoms with Gasteiger partial charge in [0.2, 0.25) is 20.0 Å². The van der Waals surface area contributed by atoms with E-state index in [1.165, 1.54) is 6.08 Å². The fourth-order valence-electron chi connectivity index (χ4n) is 4.95. The van der Waals surface area contributed by atoms with Crippen molar-refractivity contribution in [1.29, 1.82) is 0 Å². The molecule has 2 unspecified atom stereocenters. The van der Waals surface area contributed by atoms with Crippen LogP contribution in [0.2, 0.25) is 0 Å². The Morgan fingerprint density at radius 1 is 1.00 bits per heavy atom. The van der Waals surface area contributed by atoms with Gasteiger partial charge < -0.3 is 20.1 Å². The van der Waals surface area contributed by atoms with Gasteiger partial charge in [0.05, 0.1) is 11.5 Å². The molecule has 2 saturated carbocycles. The van der Waals surface area contributed by atoms with Crippen LogP contribution >= 0.6 is 0 Å². The Labute approximate surface area is 285 Å². The molecule has 0 saturated heterocycles. The van der Waals surface area contributed by atoms with Crippen molar-refractivity contribution in [3.05, 3.63) is 37.5 Å². The number of rotatable bonds is 10. The van der Waals surface area contributed by atoms with Crippen LogP contribution in [0.25, 0.3) is 0 Å². The lowest BCUT2D eigenvalue weighted by Crippen LogP contribution is -2.53. The van der Waals surface area contributed by atoms with Crippen molar-refractivity contribution in [2.45, 2.75) is 115 Å². The van der Waals surface area contributed by atoms with E-state index in [-0.39, 0.29) is 29.8 Å². The minimum atomic E-state index is -3.77. The Bertz CT molecular complexity index is 1480. The van der Waals surface area contributed by atoms with Crippen LogP contribution < -0.4 is 20.1 Å². The van der Waals surface area contributed by atoms with E-state index < -0.39 is 66.3 Å². The number of alkyl carbamates (subject to hydrolysis) is 2. The fourth-order valence-corrected chi connectivity index (χ4v) is 7.25. The van der Waals surface area contributed by atoms with Crippen molar-refractivity contribution in [3.8, 4) is 0 Å². The van der Waals surface area contributed by atoms with Gasteiger partial charge in [0.1, 0.15) is 22.3 Å². The van der Waals surface area contributed by atoms with Gasteiger partial charge in [-0.25, -0.2) is 26.4 Å². The zero-order chi connectivity index (χ0) is 36.6. The Balaban J connectivity index is 0.000000334. The molecule has 16 heteroatoms. The Morgan fingerprint density at radius 3 is 2.15 bits per heavy atom. The van der Waals surface area contributed by atoms with Gasteiger partial charge in [0, 0.05) is 11.8 Å². The highest BCUT2D eigenvalue weighted by molar-refractivity contribution is 7.90. The molecule has 0 spiro atoms. The monoisotopic (exact) mass is 716 g/mol. The normalized spacial score (nSPS) is 27.0. The molecule has 14 nitrogen and oxygen atoms in total. The quantitative estimate of drug-likeness (QED) is 0.191. The van der Waals surface area contributed by atoms with E-state index in [4.69, 9.17) is 9.47 Å². The second-order valence-corrected chi connectivity index (χ2v) is 17.9. The molecule has 272 valence electrons. The first-order chi connectivity index (χ1) is 22.0. The molecular formula is C32H52N4O10S2. The second-order valence-electron chi connectivity index (χ2n) is 14.3. The largest absolute Gasteiger partial charge is 0.444 e. The predicted octanol–water partition coefficient (Wildman–Crippen LogP) is 3.71. The van der Waals surface area contributed by atoms with Crippen LogP contribution in [-0.4, -0.2) is 74.6 Å². The summed E-state index contributed by atoms with van der Waals surface area (Å²) in [6.45, 7) is 17.4. The number of nitrogens with one attached hydrogen (secondary N) is 4. The molecule has 4 N–H and O–H groups in total. The van der Waals surface area contributed by atoms with Gasteiger partial charge in [-0.05, 0) is 92.9 Å². The van der Waals surface area contributed by atoms with E-state index in [9.17, 15) is 36.0 Å². The lowest BCUT2D eigenvalue weighted by molar-refractivity contribution is -0.123. The first-order valence-corrected chi connectivity index (χ1v) is 19.3.